The zero-order valence-electron chi connectivity index (χ0n) is 26.2. The van der Waals surface area contributed by atoms with E-state index in [0.29, 0.717) is 23.6 Å². The van der Waals surface area contributed by atoms with Crippen LogP contribution in [-0.4, -0.2) is 51.9 Å². The maximum atomic E-state index is 13.0. The molecule has 2 N–H and O–H groups in total. The van der Waals surface area contributed by atoms with Crippen LogP contribution in [-0.2, 0) is 40.2 Å². The van der Waals surface area contributed by atoms with Gasteiger partial charge in [-0.2, -0.15) is 5.10 Å². The summed E-state index contributed by atoms with van der Waals surface area (Å²) in [7, 11) is 0. The van der Waals surface area contributed by atoms with Crippen molar-refractivity contribution in [3.63, 3.8) is 0 Å². The van der Waals surface area contributed by atoms with Gasteiger partial charge >= 0.3 is 0 Å². The van der Waals surface area contributed by atoms with E-state index in [-0.39, 0.29) is 78.9 Å². The van der Waals surface area contributed by atoms with E-state index < -0.39 is 0 Å². The van der Waals surface area contributed by atoms with Crippen molar-refractivity contribution in [2.45, 2.75) is 61.2 Å². The largest absolute Gasteiger partial charge is 0.393 e. The number of aliphatic hydroxyl groups is 2. The van der Waals surface area contributed by atoms with E-state index in [1.54, 1.807) is 32.0 Å². The van der Waals surface area contributed by atoms with Gasteiger partial charge in [0.1, 0.15) is 17.5 Å². The molecule has 2 heterocycles. The molecular formula is C37H43F2Ir2N6O2-. The minimum absolute atomic E-state index is 0. The van der Waals surface area contributed by atoms with Gasteiger partial charge in [0.25, 0.3) is 0 Å². The van der Waals surface area contributed by atoms with Crippen LogP contribution in [0, 0.1) is 31.5 Å². The molecule has 2 unspecified atom stereocenters. The molecule has 0 saturated carbocycles. The fourth-order valence-electron chi connectivity index (χ4n) is 4.50. The number of aromatic nitrogens is 6. The number of rotatable bonds is 6. The van der Waals surface area contributed by atoms with E-state index in [0.717, 1.165) is 28.6 Å². The summed E-state index contributed by atoms with van der Waals surface area (Å²) in [5, 5.41) is 33.7. The molecule has 4 aromatic carbocycles. The number of halogens is 2. The fraction of sp³-hybridized carbons (Fsp3) is 0.243. The van der Waals surface area contributed by atoms with E-state index in [9.17, 15) is 8.78 Å². The predicted molar refractivity (Wildman–Crippen MR) is 183 cm³/mol. The third-order valence-corrected chi connectivity index (χ3v) is 6.48. The molecule has 0 aliphatic rings. The zero-order chi connectivity index (χ0) is 32.3. The molecule has 0 bridgehead atoms. The first-order valence-corrected chi connectivity index (χ1v) is 14.4. The van der Waals surface area contributed by atoms with Crippen LogP contribution in [0.25, 0.3) is 34.2 Å². The Hall–Kier alpha value is -3.76. The standard InChI is InChI=1S/C15H12FN3.C15H11FN3.C5H12O2.2CH4.2Ir/c2*1-11-17-18-15(12-7-9-13(16)10-8-12)19(11)14-5-3-2-4-6-14;1-4(6)3-5(2)7;;;;/h2-10H,1H3;2-7,9-10H,1H3;4-7H,3H2,1-2H3;2*1H4;;/q;-1;;;;;. The van der Waals surface area contributed by atoms with Crippen molar-refractivity contribution in [2.24, 2.45) is 0 Å². The summed E-state index contributed by atoms with van der Waals surface area (Å²) in [6.07, 6.45) is -0.278. The molecule has 266 valence electrons. The molecule has 0 aliphatic heterocycles. The smallest absolute Gasteiger partial charge is 0.168 e. The topological polar surface area (TPSA) is 102 Å². The van der Waals surface area contributed by atoms with Crippen LogP contribution in [0.1, 0.15) is 46.8 Å². The molecule has 2 aromatic heterocycles. The normalized spacial score (nSPS) is 10.9. The number of hydrogen-bond acceptors (Lipinski definition) is 6. The third kappa shape index (κ3) is 12.9. The number of aliphatic hydroxyl groups excluding tert-OH is 2. The van der Waals surface area contributed by atoms with Crippen molar-refractivity contribution in [1.29, 1.82) is 0 Å². The van der Waals surface area contributed by atoms with Crippen LogP contribution in [0.2, 0.25) is 0 Å². The van der Waals surface area contributed by atoms with Gasteiger partial charge in [-0.25, -0.2) is 4.39 Å². The first-order chi connectivity index (χ1) is 21.6. The van der Waals surface area contributed by atoms with Gasteiger partial charge in [0, 0.05) is 63.0 Å². The third-order valence-electron chi connectivity index (χ3n) is 6.48. The Balaban J connectivity index is 0.000000741. The van der Waals surface area contributed by atoms with E-state index >= 15 is 0 Å². The molecule has 8 nitrogen and oxygen atoms in total. The van der Waals surface area contributed by atoms with Crippen molar-refractivity contribution in [3.8, 4) is 34.2 Å². The second-order valence-corrected chi connectivity index (χ2v) is 10.3. The van der Waals surface area contributed by atoms with E-state index in [1.807, 2.05) is 83.6 Å². The second-order valence-electron chi connectivity index (χ2n) is 10.3. The molecule has 2 radical (unpaired) electrons. The van der Waals surface area contributed by atoms with Crippen LogP contribution in [0.4, 0.5) is 8.78 Å². The molecule has 6 rings (SSSR count). The van der Waals surface area contributed by atoms with Gasteiger partial charge in [0.15, 0.2) is 5.82 Å². The van der Waals surface area contributed by atoms with E-state index in [2.05, 4.69) is 26.5 Å². The van der Waals surface area contributed by atoms with Crippen LogP contribution in [0.15, 0.2) is 103 Å². The van der Waals surface area contributed by atoms with E-state index in [4.69, 9.17) is 10.2 Å². The summed E-state index contributed by atoms with van der Waals surface area (Å²) in [6.45, 7) is 7.10. The summed E-state index contributed by atoms with van der Waals surface area (Å²) in [5.41, 5.74) is 3.51. The summed E-state index contributed by atoms with van der Waals surface area (Å²) in [6, 6.07) is 33.2. The fourth-order valence-corrected chi connectivity index (χ4v) is 4.50. The van der Waals surface area contributed by atoms with Crippen molar-refractivity contribution >= 4 is 0 Å². The maximum absolute atomic E-state index is 13.0. The van der Waals surface area contributed by atoms with Crippen molar-refractivity contribution in [3.05, 3.63) is 132 Å². The van der Waals surface area contributed by atoms with Gasteiger partial charge in [0.2, 0.25) is 0 Å². The van der Waals surface area contributed by atoms with Crippen molar-refractivity contribution < 1.29 is 59.2 Å². The number of hydrogen-bond donors (Lipinski definition) is 2. The van der Waals surface area contributed by atoms with Gasteiger partial charge in [-0.3, -0.25) is 8.96 Å². The molecule has 2 atom stereocenters. The number of aryl methyl sites for hydroxylation is 2. The summed E-state index contributed by atoms with van der Waals surface area (Å²) in [4.78, 5) is 0. The van der Waals surface area contributed by atoms with Gasteiger partial charge in [0.05, 0.1) is 18.0 Å². The van der Waals surface area contributed by atoms with Gasteiger partial charge in [-0.05, 0) is 82.6 Å². The van der Waals surface area contributed by atoms with E-state index in [1.165, 1.54) is 24.3 Å². The molecule has 0 amide bonds. The summed E-state index contributed by atoms with van der Waals surface area (Å²) >= 11 is 0. The van der Waals surface area contributed by atoms with Crippen molar-refractivity contribution in [1.82, 2.24) is 29.5 Å². The average Bonchev–Trinajstić information content (AvgIpc) is 3.61. The second kappa shape index (κ2) is 22.1. The quantitative estimate of drug-likeness (QED) is 0.164. The molecule has 0 aliphatic carbocycles. The zero-order valence-corrected chi connectivity index (χ0v) is 31.0. The molecule has 0 saturated heterocycles. The minimum Gasteiger partial charge on any atom is -0.393 e. The molecule has 6 aromatic rings. The Morgan fingerprint density at radius 1 is 0.612 bits per heavy atom. The molecular weight excluding hydrogens is 983 g/mol. The Bertz CT molecular complexity index is 1630. The minimum atomic E-state index is -0.375. The van der Waals surface area contributed by atoms with Crippen LogP contribution >= 0.6 is 0 Å². The first-order valence-electron chi connectivity index (χ1n) is 14.4. The average molecular weight is 1030 g/mol. The maximum Gasteiger partial charge on any atom is 0.168 e. The first kappa shape index (κ1) is 45.2. The Morgan fingerprint density at radius 3 is 1.45 bits per heavy atom. The SMILES string of the molecule is C.C.CC(O)CC(C)O.Cc1nnc(-c2[c-]cc(F)cc2)n1-c1ccccc1.Cc1nnc(-c2ccc(F)cc2)n1-c1ccccc1.[Ir].[Ir]. The molecule has 49 heavy (non-hydrogen) atoms. The molecule has 0 fully saturated rings. The number of para-hydroxylation sites is 2. The van der Waals surface area contributed by atoms with Crippen LogP contribution in [0.5, 0.6) is 0 Å². The summed E-state index contributed by atoms with van der Waals surface area (Å²) < 4.78 is 29.8. The Labute approximate surface area is 315 Å². The van der Waals surface area contributed by atoms with Crippen LogP contribution in [0.3, 0.4) is 0 Å². The van der Waals surface area contributed by atoms with Crippen molar-refractivity contribution in [2.75, 3.05) is 0 Å². The number of benzene rings is 4. The Morgan fingerprint density at radius 2 is 1.04 bits per heavy atom. The molecule has 12 heteroatoms. The van der Waals surface area contributed by atoms with Gasteiger partial charge in [-0.1, -0.05) is 51.3 Å². The predicted octanol–water partition coefficient (Wildman–Crippen LogP) is 7.97. The van der Waals surface area contributed by atoms with Gasteiger partial charge < -0.3 is 14.8 Å². The molecule has 0 spiro atoms. The Kier molecular flexibility index (Phi) is 20.4. The summed E-state index contributed by atoms with van der Waals surface area (Å²) in [5.74, 6) is 2.37. The van der Waals surface area contributed by atoms with Gasteiger partial charge in [-0.15, -0.1) is 45.1 Å². The van der Waals surface area contributed by atoms with Crippen LogP contribution < -0.4 is 0 Å². The number of nitrogens with zero attached hydrogens (tertiary/aromatic N) is 6. The monoisotopic (exact) mass is 1030 g/mol.